The number of anilines is 2. The fourth-order valence-electron chi connectivity index (χ4n) is 3.01. The summed E-state index contributed by atoms with van der Waals surface area (Å²) in [5.74, 6) is -1.35. The van der Waals surface area contributed by atoms with Gasteiger partial charge in [0.1, 0.15) is 11.5 Å². The van der Waals surface area contributed by atoms with Gasteiger partial charge >= 0.3 is 11.7 Å². The van der Waals surface area contributed by atoms with Crippen LogP contribution in [0, 0.1) is 5.92 Å². The molecule has 0 aliphatic heterocycles. The Labute approximate surface area is 174 Å². The number of rotatable bonds is 9. The fraction of sp³-hybridized carbons (Fsp3) is 0.500. The number of hydrogen-bond acceptors (Lipinski definition) is 6. The van der Waals surface area contributed by atoms with E-state index in [4.69, 9.17) is 10.5 Å². The predicted molar refractivity (Wildman–Crippen MR) is 114 cm³/mol. The second-order valence-electron chi connectivity index (χ2n) is 7.48. The lowest BCUT2D eigenvalue weighted by atomic mass is 10.2. The molecule has 0 fully saturated rings. The van der Waals surface area contributed by atoms with E-state index in [-0.39, 0.29) is 24.0 Å². The van der Waals surface area contributed by atoms with Crippen LogP contribution in [0.15, 0.2) is 27.9 Å². The van der Waals surface area contributed by atoms with Gasteiger partial charge in [-0.3, -0.25) is 19.1 Å². The molecule has 0 atom stereocenters. The topological polar surface area (TPSA) is 132 Å². The molecular formula is C20H29N5O5. The van der Waals surface area contributed by atoms with Crippen LogP contribution in [0.4, 0.5) is 11.5 Å². The first-order valence-corrected chi connectivity index (χ1v) is 9.88. The first-order chi connectivity index (χ1) is 14.2. The van der Waals surface area contributed by atoms with Crippen LogP contribution in [-0.2, 0) is 23.1 Å². The number of amides is 1. The van der Waals surface area contributed by atoms with E-state index >= 15 is 0 Å². The van der Waals surface area contributed by atoms with Gasteiger partial charge in [-0.25, -0.2) is 9.59 Å². The lowest BCUT2D eigenvalue weighted by molar-refractivity contribution is -0.121. The molecule has 0 saturated heterocycles. The highest BCUT2D eigenvalue weighted by molar-refractivity contribution is 5.98. The van der Waals surface area contributed by atoms with E-state index in [9.17, 15) is 19.2 Å². The van der Waals surface area contributed by atoms with Gasteiger partial charge in [0.15, 0.2) is 12.3 Å². The third-order valence-electron chi connectivity index (χ3n) is 4.55. The number of carbonyl (C=O) groups is 2. The third kappa shape index (κ3) is 5.19. The molecule has 10 heteroatoms. The number of H-pyrrole nitrogens is 1. The van der Waals surface area contributed by atoms with Crippen LogP contribution in [0.5, 0.6) is 0 Å². The summed E-state index contributed by atoms with van der Waals surface area (Å²) in [6, 6.07) is 3.26. The van der Waals surface area contributed by atoms with Crippen molar-refractivity contribution < 1.29 is 14.3 Å². The summed E-state index contributed by atoms with van der Waals surface area (Å²) in [4.78, 5) is 53.2. The maximum absolute atomic E-state index is 12.9. The maximum atomic E-state index is 12.9. The lowest BCUT2D eigenvalue weighted by Crippen LogP contribution is -2.44. The highest BCUT2D eigenvalue weighted by Crippen LogP contribution is 2.19. The quantitative estimate of drug-likeness (QED) is 0.585. The molecule has 2 aromatic heterocycles. The molecule has 0 unspecified atom stereocenters. The molecule has 0 aromatic carbocycles. The van der Waals surface area contributed by atoms with E-state index in [0.29, 0.717) is 18.7 Å². The highest BCUT2D eigenvalue weighted by atomic mass is 16.5. The molecule has 2 aromatic rings. The highest BCUT2D eigenvalue weighted by Gasteiger charge is 2.26. The second-order valence-corrected chi connectivity index (χ2v) is 7.48. The molecule has 2 rings (SSSR count). The summed E-state index contributed by atoms with van der Waals surface area (Å²) in [5.41, 5.74) is 4.93. The molecule has 3 N–H and O–H groups in total. The number of aromatic nitrogens is 3. The van der Waals surface area contributed by atoms with Crippen molar-refractivity contribution in [2.45, 2.75) is 40.2 Å². The van der Waals surface area contributed by atoms with Gasteiger partial charge in [0.2, 0.25) is 0 Å². The van der Waals surface area contributed by atoms with Crippen molar-refractivity contribution in [1.82, 2.24) is 14.1 Å². The Morgan fingerprint density at radius 3 is 2.57 bits per heavy atom. The van der Waals surface area contributed by atoms with Crippen LogP contribution >= 0.6 is 0 Å². The normalized spacial score (nSPS) is 11.0. The van der Waals surface area contributed by atoms with E-state index in [0.717, 1.165) is 6.42 Å². The van der Waals surface area contributed by atoms with Crippen molar-refractivity contribution in [2.24, 2.45) is 13.0 Å². The van der Waals surface area contributed by atoms with Crippen LogP contribution in [0.3, 0.4) is 0 Å². The maximum Gasteiger partial charge on any atom is 0.355 e. The molecule has 164 valence electrons. The number of hydrogen-bond donors (Lipinski definition) is 2. The number of nitrogens with two attached hydrogens (primary N) is 1. The molecule has 0 aliphatic rings. The predicted octanol–water partition coefficient (Wildman–Crippen LogP) is 1.10. The Bertz CT molecular complexity index is 1020. The number of unbranched alkanes of at least 4 members (excludes halogenated alkanes) is 1. The fourth-order valence-corrected chi connectivity index (χ4v) is 3.01. The summed E-state index contributed by atoms with van der Waals surface area (Å²) in [7, 11) is 1.68. The van der Waals surface area contributed by atoms with Crippen LogP contribution < -0.4 is 21.9 Å². The number of nitrogen functional groups attached to an aromatic ring is 1. The van der Waals surface area contributed by atoms with Crippen molar-refractivity contribution >= 4 is 23.4 Å². The van der Waals surface area contributed by atoms with Crippen LogP contribution in [0.25, 0.3) is 0 Å². The average molecular weight is 419 g/mol. The molecule has 0 saturated carbocycles. The standard InChI is InChI=1S/C20H29N5O5/c1-5-6-10-24-17(21)16(18(27)22-20(24)29)25(11-13(2)3)15(26)12-30-19(28)14-8-7-9-23(14)4/h7-9,13H,5-6,10-12,21H2,1-4H3,(H,22,27,29). The minimum absolute atomic E-state index is 0.00709. The Morgan fingerprint density at radius 1 is 1.30 bits per heavy atom. The van der Waals surface area contributed by atoms with E-state index in [1.54, 1.807) is 29.9 Å². The van der Waals surface area contributed by atoms with Gasteiger partial charge in [-0.1, -0.05) is 27.2 Å². The van der Waals surface area contributed by atoms with Gasteiger partial charge in [-0.05, 0) is 24.5 Å². The van der Waals surface area contributed by atoms with Gasteiger partial charge in [0, 0.05) is 26.3 Å². The zero-order valence-corrected chi connectivity index (χ0v) is 17.8. The number of aromatic amines is 1. The van der Waals surface area contributed by atoms with Gasteiger partial charge in [-0.2, -0.15) is 0 Å². The molecule has 10 nitrogen and oxygen atoms in total. The largest absolute Gasteiger partial charge is 0.451 e. The van der Waals surface area contributed by atoms with Crippen LogP contribution in [0.2, 0.25) is 0 Å². The Kier molecular flexibility index (Phi) is 7.62. The first-order valence-electron chi connectivity index (χ1n) is 9.88. The Morgan fingerprint density at radius 2 is 2.00 bits per heavy atom. The zero-order valence-electron chi connectivity index (χ0n) is 17.8. The molecule has 30 heavy (non-hydrogen) atoms. The van der Waals surface area contributed by atoms with Crippen molar-refractivity contribution in [1.29, 1.82) is 0 Å². The summed E-state index contributed by atoms with van der Waals surface area (Å²) >= 11 is 0. The Hall–Kier alpha value is -3.30. The minimum atomic E-state index is -0.756. The monoisotopic (exact) mass is 419 g/mol. The number of carbonyl (C=O) groups excluding carboxylic acids is 2. The SMILES string of the molecule is CCCCn1c(N)c(N(CC(C)C)C(=O)COC(=O)c2cccn2C)c(=O)[nH]c1=O. The molecule has 0 aliphatic carbocycles. The average Bonchev–Trinajstić information content (AvgIpc) is 3.10. The van der Waals surface area contributed by atoms with Crippen molar-refractivity contribution in [2.75, 3.05) is 23.8 Å². The lowest BCUT2D eigenvalue weighted by Gasteiger charge is -2.26. The second kappa shape index (κ2) is 9.95. The zero-order chi connectivity index (χ0) is 22.4. The number of ether oxygens (including phenoxy) is 1. The molecule has 1 amide bonds. The summed E-state index contributed by atoms with van der Waals surface area (Å²) in [6.45, 7) is 5.62. The van der Waals surface area contributed by atoms with Crippen LogP contribution in [-0.4, -0.2) is 39.1 Å². The number of nitrogens with zero attached hydrogens (tertiary/aromatic N) is 3. The van der Waals surface area contributed by atoms with Crippen molar-refractivity contribution in [3.8, 4) is 0 Å². The number of nitrogens with one attached hydrogen (secondary N) is 1. The van der Waals surface area contributed by atoms with E-state index in [1.807, 2.05) is 20.8 Å². The van der Waals surface area contributed by atoms with E-state index in [1.165, 1.54) is 9.47 Å². The summed E-state index contributed by atoms with van der Waals surface area (Å²) < 4.78 is 7.96. The van der Waals surface area contributed by atoms with Gasteiger partial charge in [-0.15, -0.1) is 0 Å². The molecule has 0 bridgehead atoms. The van der Waals surface area contributed by atoms with Crippen LogP contribution in [0.1, 0.15) is 44.1 Å². The minimum Gasteiger partial charge on any atom is -0.451 e. The van der Waals surface area contributed by atoms with Gasteiger partial charge in [0.25, 0.3) is 11.5 Å². The Balaban J connectivity index is 2.34. The third-order valence-corrected chi connectivity index (χ3v) is 4.55. The number of aryl methyl sites for hydroxylation is 1. The first kappa shape index (κ1) is 23.0. The van der Waals surface area contributed by atoms with Gasteiger partial charge < -0.3 is 19.9 Å². The molecule has 0 radical (unpaired) electrons. The smallest absolute Gasteiger partial charge is 0.355 e. The van der Waals surface area contributed by atoms with E-state index in [2.05, 4.69) is 4.98 Å². The summed E-state index contributed by atoms with van der Waals surface area (Å²) in [5, 5.41) is 0. The van der Waals surface area contributed by atoms with Crippen molar-refractivity contribution in [3.05, 3.63) is 44.9 Å². The van der Waals surface area contributed by atoms with Crippen molar-refractivity contribution in [3.63, 3.8) is 0 Å². The molecule has 2 heterocycles. The molecular weight excluding hydrogens is 390 g/mol. The summed E-state index contributed by atoms with van der Waals surface area (Å²) in [6.07, 6.45) is 3.19. The number of esters is 1. The van der Waals surface area contributed by atoms with E-state index < -0.39 is 29.7 Å². The molecule has 0 spiro atoms. The van der Waals surface area contributed by atoms with Gasteiger partial charge in [0.05, 0.1) is 0 Å².